The van der Waals surface area contributed by atoms with E-state index in [1.165, 1.54) is 19.2 Å². The lowest BCUT2D eigenvalue weighted by Crippen LogP contribution is -2.41. The van der Waals surface area contributed by atoms with E-state index in [4.69, 9.17) is 33.7 Å². The van der Waals surface area contributed by atoms with Gasteiger partial charge in [-0.05, 0) is 47.0 Å². The molecule has 2 heterocycles. The molecule has 1 saturated heterocycles. The summed E-state index contributed by atoms with van der Waals surface area (Å²) in [6.45, 7) is 1.07. The number of carbonyl (C=O) groups is 1. The fraction of sp³-hybridized carbons (Fsp3) is 0.333. The fourth-order valence-corrected chi connectivity index (χ4v) is 5.73. The van der Waals surface area contributed by atoms with E-state index in [-0.39, 0.29) is 38.2 Å². The Balaban J connectivity index is 1.53. The van der Waals surface area contributed by atoms with Gasteiger partial charge in [0.1, 0.15) is 48.0 Å². The Morgan fingerprint density at radius 3 is 2.14 bits per heavy atom. The quantitative estimate of drug-likeness (QED) is 0.108. The van der Waals surface area contributed by atoms with Crippen molar-refractivity contribution in [2.45, 2.75) is 43.5 Å². The molecule has 0 unspecified atom stereocenters. The molecule has 49 heavy (non-hydrogen) atoms. The summed E-state index contributed by atoms with van der Waals surface area (Å²) < 4.78 is 36.7. The smallest absolute Gasteiger partial charge is 0.351 e. The highest BCUT2D eigenvalue weighted by Crippen LogP contribution is 2.43. The maximum atomic E-state index is 13.0. The van der Waals surface area contributed by atoms with Gasteiger partial charge in [-0.1, -0.05) is 54.6 Å². The first-order valence-corrected chi connectivity index (χ1v) is 15.6. The Bertz CT molecular complexity index is 1730. The minimum absolute atomic E-state index is 0.0615. The van der Waals surface area contributed by atoms with Gasteiger partial charge in [0.05, 0.1) is 39.9 Å². The number of hydrogen-bond acceptors (Lipinski definition) is 11. The van der Waals surface area contributed by atoms with Crippen LogP contribution in [0.4, 0.5) is 5.82 Å². The van der Waals surface area contributed by atoms with Crippen LogP contribution in [0.2, 0.25) is 0 Å². The molecule has 2 N–H and O–H groups in total. The largest absolute Gasteiger partial charge is 0.497 e. The van der Waals surface area contributed by atoms with Crippen LogP contribution >= 0.6 is 0 Å². The van der Waals surface area contributed by atoms with Gasteiger partial charge in [-0.2, -0.15) is 10.2 Å². The Morgan fingerprint density at radius 1 is 0.980 bits per heavy atom. The third-order valence-electron chi connectivity index (χ3n) is 8.06. The first-order valence-electron chi connectivity index (χ1n) is 15.6. The Kier molecular flexibility index (Phi) is 11.7. The van der Waals surface area contributed by atoms with Gasteiger partial charge in [0, 0.05) is 13.1 Å². The van der Waals surface area contributed by atoms with Crippen LogP contribution in [-0.4, -0.2) is 73.1 Å². The zero-order valence-electron chi connectivity index (χ0n) is 27.4. The fourth-order valence-electron chi connectivity index (χ4n) is 5.73. The summed E-state index contributed by atoms with van der Waals surface area (Å²) in [5.41, 5.74) is 0.429. The van der Waals surface area contributed by atoms with Gasteiger partial charge < -0.3 is 38.8 Å². The molecule has 0 aliphatic carbocycles. The molecule has 1 aliphatic rings. The van der Waals surface area contributed by atoms with Gasteiger partial charge in [0.15, 0.2) is 6.23 Å². The maximum absolute atomic E-state index is 13.0. The molecule has 4 aromatic rings. The minimum atomic E-state index is -1.35. The SMILES string of the molecule is COc1ccc(C(OC[C@H]2O[C@@H](n3ccc(NC(C)=O)nc3=O)[C@H](O)[C@@H]2OCOCCC#N)(c2ccccc2)c2ccc(OC)cc2)cc1. The standard InChI is InChI=1S/C36H38N4O9/c1-24(41)38-31-18-20-40(35(43)39-31)34-32(42)33(47-23-46-21-7-19-37)30(49-34)22-48-36(25-8-5-4-6-9-25,26-10-14-28(44-2)15-11-26)27-12-16-29(45-3)17-13-27/h4-6,8-18,20,30,32-34,42H,7,21-23H2,1-3H3,(H,38,39,41,43)/t30-,32-,33-,34-/m1/s1. The van der Waals surface area contributed by atoms with Crippen LogP contribution in [0.1, 0.15) is 36.3 Å². The molecule has 1 amide bonds. The highest BCUT2D eigenvalue weighted by molar-refractivity contribution is 5.87. The molecule has 256 valence electrons. The molecule has 0 bridgehead atoms. The molecule has 3 aromatic carbocycles. The Morgan fingerprint density at radius 2 is 1.59 bits per heavy atom. The van der Waals surface area contributed by atoms with Crippen molar-refractivity contribution in [2.24, 2.45) is 0 Å². The van der Waals surface area contributed by atoms with E-state index in [1.807, 2.05) is 84.9 Å². The molecular weight excluding hydrogens is 632 g/mol. The maximum Gasteiger partial charge on any atom is 0.351 e. The number of amides is 1. The van der Waals surface area contributed by atoms with Crippen LogP contribution in [0.5, 0.6) is 11.5 Å². The van der Waals surface area contributed by atoms with Crippen LogP contribution in [-0.2, 0) is 29.3 Å². The molecule has 1 aromatic heterocycles. The molecule has 13 nitrogen and oxygen atoms in total. The number of carbonyl (C=O) groups excluding carboxylic acids is 1. The summed E-state index contributed by atoms with van der Waals surface area (Å²) in [6.07, 6.45) is -2.96. The van der Waals surface area contributed by atoms with Crippen molar-refractivity contribution in [1.82, 2.24) is 9.55 Å². The van der Waals surface area contributed by atoms with Crippen molar-refractivity contribution < 1.29 is 38.3 Å². The molecular formula is C36H38N4O9. The van der Waals surface area contributed by atoms with Crippen LogP contribution in [0.3, 0.4) is 0 Å². The van der Waals surface area contributed by atoms with Crippen molar-refractivity contribution in [1.29, 1.82) is 5.26 Å². The van der Waals surface area contributed by atoms with Crippen molar-refractivity contribution in [3.63, 3.8) is 0 Å². The van der Waals surface area contributed by atoms with E-state index in [2.05, 4.69) is 10.3 Å². The topological polar surface area (TPSA) is 163 Å². The molecule has 0 saturated carbocycles. The van der Waals surface area contributed by atoms with Crippen molar-refractivity contribution in [3.05, 3.63) is 118 Å². The Hall–Kier alpha value is -5.10. The first-order chi connectivity index (χ1) is 23.8. The van der Waals surface area contributed by atoms with Crippen LogP contribution in [0, 0.1) is 11.3 Å². The van der Waals surface area contributed by atoms with Gasteiger partial charge >= 0.3 is 5.69 Å². The predicted octanol–water partition coefficient (Wildman–Crippen LogP) is 3.76. The van der Waals surface area contributed by atoms with Crippen molar-refractivity contribution in [3.8, 4) is 17.6 Å². The number of anilines is 1. The summed E-state index contributed by atoms with van der Waals surface area (Å²) in [5, 5.41) is 22.9. The van der Waals surface area contributed by atoms with E-state index in [9.17, 15) is 14.7 Å². The van der Waals surface area contributed by atoms with Crippen molar-refractivity contribution >= 4 is 11.7 Å². The lowest BCUT2D eigenvalue weighted by molar-refractivity contribution is -0.142. The number of ether oxygens (including phenoxy) is 6. The molecule has 4 atom stereocenters. The number of aromatic nitrogens is 2. The van der Waals surface area contributed by atoms with E-state index in [0.29, 0.717) is 11.5 Å². The molecule has 13 heteroatoms. The number of benzene rings is 3. The van der Waals surface area contributed by atoms with Gasteiger partial charge in [-0.15, -0.1) is 0 Å². The predicted molar refractivity (Wildman–Crippen MR) is 177 cm³/mol. The summed E-state index contributed by atoms with van der Waals surface area (Å²) >= 11 is 0. The normalized spacial score (nSPS) is 18.8. The summed E-state index contributed by atoms with van der Waals surface area (Å²) in [4.78, 5) is 28.4. The third-order valence-corrected chi connectivity index (χ3v) is 8.06. The third kappa shape index (κ3) is 7.97. The number of aliphatic hydroxyl groups is 1. The van der Waals surface area contributed by atoms with Crippen LogP contribution in [0.15, 0.2) is 95.9 Å². The second-order valence-electron chi connectivity index (χ2n) is 11.1. The Labute approximate surface area is 283 Å². The first kappa shape index (κ1) is 35.2. The van der Waals surface area contributed by atoms with Gasteiger partial charge in [-0.25, -0.2) is 4.79 Å². The van der Waals surface area contributed by atoms with E-state index >= 15 is 0 Å². The number of nitrogens with zero attached hydrogens (tertiary/aromatic N) is 3. The molecule has 0 spiro atoms. The summed E-state index contributed by atoms with van der Waals surface area (Å²) in [5.74, 6) is 1.00. The van der Waals surface area contributed by atoms with Crippen molar-refractivity contribution in [2.75, 3.05) is 39.5 Å². The number of methoxy groups -OCH3 is 2. The monoisotopic (exact) mass is 670 g/mol. The zero-order valence-corrected chi connectivity index (χ0v) is 27.4. The highest BCUT2D eigenvalue weighted by Gasteiger charge is 2.48. The number of nitriles is 1. The van der Waals surface area contributed by atoms with Gasteiger partial charge in [0.2, 0.25) is 5.91 Å². The highest BCUT2D eigenvalue weighted by atomic mass is 16.7. The minimum Gasteiger partial charge on any atom is -0.497 e. The second-order valence-corrected chi connectivity index (χ2v) is 11.1. The molecule has 0 radical (unpaired) electrons. The van der Waals surface area contributed by atoms with E-state index in [0.717, 1.165) is 21.3 Å². The van der Waals surface area contributed by atoms with Gasteiger partial charge in [0.25, 0.3) is 0 Å². The number of aliphatic hydroxyl groups excluding tert-OH is 1. The lowest BCUT2D eigenvalue weighted by atomic mass is 9.80. The number of hydrogen-bond donors (Lipinski definition) is 2. The number of rotatable bonds is 15. The zero-order chi connectivity index (χ0) is 34.8. The van der Waals surface area contributed by atoms with E-state index in [1.54, 1.807) is 14.2 Å². The average Bonchev–Trinajstić information content (AvgIpc) is 3.43. The average molecular weight is 671 g/mol. The molecule has 1 aliphatic heterocycles. The molecule has 5 rings (SSSR count). The van der Waals surface area contributed by atoms with Crippen LogP contribution < -0.4 is 20.5 Å². The van der Waals surface area contributed by atoms with E-state index < -0.39 is 35.8 Å². The second kappa shape index (κ2) is 16.3. The number of nitrogens with one attached hydrogen (secondary N) is 1. The van der Waals surface area contributed by atoms with Gasteiger partial charge in [-0.3, -0.25) is 9.36 Å². The van der Waals surface area contributed by atoms with Crippen LogP contribution in [0.25, 0.3) is 0 Å². The molecule has 1 fully saturated rings. The summed E-state index contributed by atoms with van der Waals surface area (Å²) in [7, 11) is 3.19. The summed E-state index contributed by atoms with van der Waals surface area (Å²) in [6, 6.07) is 28.2. The lowest BCUT2D eigenvalue weighted by Gasteiger charge is -2.37.